The lowest BCUT2D eigenvalue weighted by Gasteiger charge is -2.22. The second kappa shape index (κ2) is 10.4. The van der Waals surface area contributed by atoms with Crippen LogP contribution in [0.1, 0.15) is 17.3 Å². The molecular weight excluding hydrogens is 426 g/mol. The van der Waals surface area contributed by atoms with E-state index in [0.717, 1.165) is 11.4 Å². The van der Waals surface area contributed by atoms with Gasteiger partial charge in [-0.25, -0.2) is 13.1 Å². The van der Waals surface area contributed by atoms with Gasteiger partial charge in [-0.2, -0.15) is 0 Å². The number of para-hydroxylation sites is 2. The highest BCUT2D eigenvalue weighted by molar-refractivity contribution is 7.89. The van der Waals surface area contributed by atoms with Gasteiger partial charge in [0.05, 0.1) is 22.8 Å². The quantitative estimate of drug-likeness (QED) is 0.511. The van der Waals surface area contributed by atoms with Gasteiger partial charge in [-0.05, 0) is 55.5 Å². The second-order valence-electron chi connectivity index (χ2n) is 7.37. The van der Waals surface area contributed by atoms with Gasteiger partial charge < -0.3 is 15.0 Å². The van der Waals surface area contributed by atoms with E-state index in [-0.39, 0.29) is 23.5 Å². The number of methoxy groups -OCH3 is 1. The van der Waals surface area contributed by atoms with Crippen molar-refractivity contribution in [1.82, 2.24) is 4.72 Å². The first-order valence-electron chi connectivity index (χ1n) is 10.1. The van der Waals surface area contributed by atoms with Gasteiger partial charge in [0.2, 0.25) is 10.0 Å². The van der Waals surface area contributed by atoms with Crippen molar-refractivity contribution in [3.05, 3.63) is 84.4 Å². The molecule has 7 nitrogen and oxygen atoms in total. The zero-order valence-electron chi connectivity index (χ0n) is 18.3. The summed E-state index contributed by atoms with van der Waals surface area (Å²) in [5.74, 6) is -0.286. The van der Waals surface area contributed by atoms with Gasteiger partial charge in [0.15, 0.2) is 0 Å². The molecule has 0 radical (unpaired) electrons. The van der Waals surface area contributed by atoms with Crippen molar-refractivity contribution in [2.75, 3.05) is 31.0 Å². The van der Waals surface area contributed by atoms with Crippen molar-refractivity contribution in [1.29, 1.82) is 0 Å². The molecule has 3 aromatic rings. The number of hydrogen-bond donors (Lipinski definition) is 2. The van der Waals surface area contributed by atoms with Crippen LogP contribution < -0.4 is 14.9 Å². The Morgan fingerprint density at radius 1 is 0.969 bits per heavy atom. The van der Waals surface area contributed by atoms with Crippen LogP contribution in [0.15, 0.2) is 83.8 Å². The molecule has 0 aliphatic rings. The predicted octanol–water partition coefficient (Wildman–Crippen LogP) is 4.02. The molecule has 8 heteroatoms. The maximum atomic E-state index is 13.0. The van der Waals surface area contributed by atoms with Crippen LogP contribution in [0.3, 0.4) is 0 Å². The van der Waals surface area contributed by atoms with Crippen LogP contribution in [0.2, 0.25) is 0 Å². The standard InChI is InChI=1S/C24H27N3O4S/c1-18(17-31-3)26-32(29,30)21-15-13-19(14-16-21)25-24(28)22-11-7-8-12-23(22)27(2)20-9-5-4-6-10-20/h4-16,18,26H,17H2,1-3H3,(H,25,28). The summed E-state index contributed by atoms with van der Waals surface area (Å²) < 4.78 is 32.5. The zero-order chi connectivity index (χ0) is 23.1. The van der Waals surface area contributed by atoms with Crippen LogP contribution >= 0.6 is 0 Å². The Labute approximate surface area is 189 Å². The molecule has 0 heterocycles. The van der Waals surface area contributed by atoms with E-state index in [1.54, 1.807) is 31.2 Å². The van der Waals surface area contributed by atoms with Crippen molar-refractivity contribution in [3.8, 4) is 0 Å². The van der Waals surface area contributed by atoms with Crippen LogP contribution in [-0.2, 0) is 14.8 Å². The molecular formula is C24H27N3O4S. The molecule has 0 aromatic heterocycles. The van der Waals surface area contributed by atoms with E-state index < -0.39 is 10.0 Å². The average Bonchev–Trinajstić information content (AvgIpc) is 2.79. The maximum absolute atomic E-state index is 13.0. The fourth-order valence-corrected chi connectivity index (χ4v) is 4.51. The molecule has 32 heavy (non-hydrogen) atoms. The highest BCUT2D eigenvalue weighted by Crippen LogP contribution is 2.27. The van der Waals surface area contributed by atoms with Crippen molar-refractivity contribution in [3.63, 3.8) is 0 Å². The fourth-order valence-electron chi connectivity index (χ4n) is 3.28. The average molecular weight is 454 g/mol. The Bertz CT molecular complexity index is 1150. The minimum absolute atomic E-state index is 0.114. The smallest absolute Gasteiger partial charge is 0.257 e. The van der Waals surface area contributed by atoms with Gasteiger partial charge in [0.1, 0.15) is 0 Å². The third kappa shape index (κ3) is 5.73. The number of carbonyl (C=O) groups excluding carboxylic acids is 1. The third-order valence-corrected chi connectivity index (χ3v) is 6.45. The molecule has 168 valence electrons. The van der Waals surface area contributed by atoms with Gasteiger partial charge in [-0.15, -0.1) is 0 Å². The van der Waals surface area contributed by atoms with E-state index in [4.69, 9.17) is 4.74 Å². The number of carbonyl (C=O) groups is 1. The first-order valence-corrected chi connectivity index (χ1v) is 11.6. The Kier molecular flexibility index (Phi) is 7.63. The van der Waals surface area contributed by atoms with Crippen molar-refractivity contribution < 1.29 is 17.9 Å². The van der Waals surface area contributed by atoms with Crippen LogP contribution in [0.5, 0.6) is 0 Å². The molecule has 2 N–H and O–H groups in total. The molecule has 0 spiro atoms. The lowest BCUT2D eigenvalue weighted by Crippen LogP contribution is -2.35. The maximum Gasteiger partial charge on any atom is 0.257 e. The molecule has 0 aliphatic heterocycles. The molecule has 1 unspecified atom stereocenters. The Hall–Kier alpha value is -3.20. The first kappa shape index (κ1) is 23.5. The fraction of sp³-hybridized carbons (Fsp3) is 0.208. The number of rotatable bonds is 9. The summed E-state index contributed by atoms with van der Waals surface area (Å²) in [6.45, 7) is 1.99. The summed E-state index contributed by atoms with van der Waals surface area (Å²) in [5, 5.41) is 2.84. The molecule has 1 amide bonds. The minimum atomic E-state index is -3.68. The van der Waals surface area contributed by atoms with Gasteiger partial charge in [0, 0.05) is 31.6 Å². The van der Waals surface area contributed by atoms with Crippen LogP contribution in [0, 0.1) is 0 Å². The van der Waals surface area contributed by atoms with Gasteiger partial charge >= 0.3 is 0 Å². The molecule has 0 saturated carbocycles. The van der Waals surface area contributed by atoms with E-state index in [1.165, 1.54) is 19.2 Å². The molecule has 0 fully saturated rings. The Morgan fingerprint density at radius 3 is 2.25 bits per heavy atom. The van der Waals surface area contributed by atoms with Crippen LogP contribution in [0.4, 0.5) is 17.1 Å². The van der Waals surface area contributed by atoms with Gasteiger partial charge in [-0.3, -0.25) is 4.79 Å². The molecule has 1 atom stereocenters. The largest absolute Gasteiger partial charge is 0.383 e. The normalized spacial score (nSPS) is 12.2. The number of benzene rings is 3. The van der Waals surface area contributed by atoms with Crippen LogP contribution in [0.25, 0.3) is 0 Å². The lowest BCUT2D eigenvalue weighted by atomic mass is 10.1. The van der Waals surface area contributed by atoms with E-state index >= 15 is 0 Å². The zero-order valence-corrected chi connectivity index (χ0v) is 19.1. The Morgan fingerprint density at radius 2 is 1.59 bits per heavy atom. The predicted molar refractivity (Wildman–Crippen MR) is 127 cm³/mol. The molecule has 0 aliphatic carbocycles. The molecule has 0 bridgehead atoms. The summed E-state index contributed by atoms with van der Waals surface area (Å²) in [6.07, 6.45) is 0. The number of hydrogen-bond acceptors (Lipinski definition) is 5. The van der Waals surface area contributed by atoms with Gasteiger partial charge in [-0.1, -0.05) is 30.3 Å². The topological polar surface area (TPSA) is 87.7 Å². The van der Waals surface area contributed by atoms with E-state index in [0.29, 0.717) is 11.3 Å². The van der Waals surface area contributed by atoms with E-state index in [1.807, 2.05) is 54.4 Å². The number of anilines is 3. The lowest BCUT2D eigenvalue weighted by molar-refractivity contribution is 0.102. The summed E-state index contributed by atoms with van der Waals surface area (Å²) in [4.78, 5) is 15.0. The van der Waals surface area contributed by atoms with E-state index in [9.17, 15) is 13.2 Å². The Balaban J connectivity index is 1.76. The SMILES string of the molecule is COCC(C)NS(=O)(=O)c1ccc(NC(=O)c2ccccc2N(C)c2ccccc2)cc1. The monoisotopic (exact) mass is 453 g/mol. The number of nitrogens with zero attached hydrogens (tertiary/aromatic N) is 1. The second-order valence-corrected chi connectivity index (χ2v) is 9.08. The van der Waals surface area contributed by atoms with Crippen molar-refractivity contribution >= 4 is 33.0 Å². The summed E-state index contributed by atoms with van der Waals surface area (Å²) in [5.41, 5.74) is 2.71. The van der Waals surface area contributed by atoms with Gasteiger partial charge in [0.25, 0.3) is 5.91 Å². The molecule has 3 aromatic carbocycles. The highest BCUT2D eigenvalue weighted by atomic mass is 32.2. The summed E-state index contributed by atoms with van der Waals surface area (Å²) in [7, 11) is -0.264. The number of ether oxygens (including phenoxy) is 1. The number of sulfonamides is 1. The van der Waals surface area contributed by atoms with Crippen molar-refractivity contribution in [2.24, 2.45) is 0 Å². The summed E-state index contributed by atoms with van der Waals surface area (Å²) in [6, 6.07) is 22.8. The number of amides is 1. The highest BCUT2D eigenvalue weighted by Gasteiger charge is 2.18. The van der Waals surface area contributed by atoms with E-state index in [2.05, 4.69) is 10.0 Å². The third-order valence-electron chi connectivity index (χ3n) is 4.85. The minimum Gasteiger partial charge on any atom is -0.383 e. The van der Waals surface area contributed by atoms with Crippen molar-refractivity contribution in [2.45, 2.75) is 17.9 Å². The molecule has 0 saturated heterocycles. The first-order chi connectivity index (χ1) is 15.3. The summed E-state index contributed by atoms with van der Waals surface area (Å²) >= 11 is 0. The van der Waals surface area contributed by atoms with Crippen LogP contribution in [-0.4, -0.2) is 41.1 Å². The molecule has 3 rings (SSSR count). The number of nitrogens with one attached hydrogen (secondary N) is 2.